The molecule has 2 saturated heterocycles. The number of nitrogens with zero attached hydrogens (tertiary/aromatic N) is 1. The van der Waals surface area contributed by atoms with Gasteiger partial charge in [-0.15, -0.1) is 0 Å². The van der Waals surface area contributed by atoms with E-state index in [1.54, 1.807) is 0 Å². The first kappa shape index (κ1) is 52.7. The molecular formula is C52H55BN2NaO11. The summed E-state index contributed by atoms with van der Waals surface area (Å²) in [4.78, 5) is 73.3. The van der Waals surface area contributed by atoms with Crippen LogP contribution >= 0.6 is 0 Å². The number of hydrogen-bond donors (Lipinski definition) is 3. The van der Waals surface area contributed by atoms with Gasteiger partial charge >= 0.3 is 41.5 Å². The fraction of sp³-hybridized carbons (Fsp3) is 0.346. The van der Waals surface area contributed by atoms with Crippen LogP contribution in [0.15, 0.2) is 97.1 Å². The first-order chi connectivity index (χ1) is 31.8. The number of rotatable bonds is 5. The Kier molecular flexibility index (Phi) is 19.8. The number of likely N-dealkylation sites (tertiary alicyclic amines) is 1. The van der Waals surface area contributed by atoms with Gasteiger partial charge in [-0.2, -0.15) is 0 Å². The Morgan fingerprint density at radius 1 is 0.701 bits per heavy atom. The van der Waals surface area contributed by atoms with E-state index >= 15 is 0 Å². The van der Waals surface area contributed by atoms with Gasteiger partial charge in [-0.05, 0) is 112 Å². The first-order valence-electron chi connectivity index (χ1n) is 22.1. The summed E-state index contributed by atoms with van der Waals surface area (Å²) in [5.41, 5.74) is 13.6. The normalized spacial score (nSPS) is 20.1. The average Bonchev–Trinajstić information content (AvgIpc) is 4.20. The van der Waals surface area contributed by atoms with Crippen molar-refractivity contribution < 1.29 is 83.0 Å². The Bertz CT molecular complexity index is 2500. The average molecular weight is 918 g/mol. The maximum Gasteiger partial charge on any atom is 1.00 e. The first-order valence-corrected chi connectivity index (χ1v) is 22.1. The smallest absolute Gasteiger partial charge is 0.793 e. The molecule has 2 aliphatic heterocycles. The molecule has 0 bridgehead atoms. The number of aliphatic hydroxyl groups is 2. The van der Waals surface area contributed by atoms with Gasteiger partial charge in [0.1, 0.15) is 18.5 Å². The molecular weight excluding hydrogens is 862 g/mol. The van der Waals surface area contributed by atoms with Gasteiger partial charge in [-0.3, -0.25) is 24.1 Å². The summed E-state index contributed by atoms with van der Waals surface area (Å²) in [5, 5.41) is 23.6. The van der Waals surface area contributed by atoms with Crippen molar-refractivity contribution >= 4 is 55.0 Å². The third kappa shape index (κ3) is 13.7. The van der Waals surface area contributed by atoms with Gasteiger partial charge in [0.05, 0.1) is 0 Å². The second-order valence-corrected chi connectivity index (χ2v) is 16.8. The van der Waals surface area contributed by atoms with Crippen LogP contribution in [0.1, 0.15) is 113 Å². The molecule has 0 spiro atoms. The third-order valence-corrected chi connectivity index (χ3v) is 12.3. The number of Topliss-reactive ketones (excluding diaryl/α,β-unsaturated/α-hetero) is 2. The van der Waals surface area contributed by atoms with Gasteiger partial charge in [0.25, 0.3) is 0 Å². The zero-order chi connectivity index (χ0) is 47.3. The van der Waals surface area contributed by atoms with Gasteiger partial charge in [-0.25, -0.2) is 19.4 Å². The molecule has 0 aromatic heterocycles. The molecule has 6 aliphatic rings. The summed E-state index contributed by atoms with van der Waals surface area (Å²) in [6, 6.07) is 28.8. The molecule has 15 heteroatoms. The van der Waals surface area contributed by atoms with Gasteiger partial charge < -0.3 is 28.2 Å². The SMILES string of the molecule is CC(=O)OOC(C)=O.O=C1Cc2cccc(C3CCN(CC4=CCc5ccccc54)C3)c2C1O.O=C1Cc2cccc(C3CCNC3)c2C1O.O=CC1=CCc2ccccc21.[B-]OC(C)=O.[Na+]. The maximum atomic E-state index is 11.9. The summed E-state index contributed by atoms with van der Waals surface area (Å²) in [7, 11) is 4.32. The van der Waals surface area contributed by atoms with E-state index in [0.29, 0.717) is 24.7 Å². The van der Waals surface area contributed by atoms with Crippen molar-refractivity contribution in [3.8, 4) is 0 Å². The van der Waals surface area contributed by atoms with Crippen molar-refractivity contribution in [3.63, 3.8) is 0 Å². The number of hydrogen-bond acceptors (Lipinski definition) is 13. The summed E-state index contributed by atoms with van der Waals surface area (Å²) >= 11 is 0. The predicted octanol–water partition coefficient (Wildman–Crippen LogP) is 2.69. The van der Waals surface area contributed by atoms with Crippen molar-refractivity contribution in [1.29, 1.82) is 0 Å². The third-order valence-electron chi connectivity index (χ3n) is 12.3. The number of nitrogens with one attached hydrogen (secondary N) is 1. The van der Waals surface area contributed by atoms with Gasteiger partial charge in [0.2, 0.25) is 5.97 Å². The number of ketones is 2. The van der Waals surface area contributed by atoms with Crippen molar-refractivity contribution in [1.82, 2.24) is 10.2 Å². The monoisotopic (exact) mass is 917 g/mol. The zero-order valence-electron chi connectivity index (χ0n) is 38.5. The van der Waals surface area contributed by atoms with Crippen LogP contribution in [0.3, 0.4) is 0 Å². The molecule has 13 nitrogen and oxygen atoms in total. The fourth-order valence-corrected chi connectivity index (χ4v) is 9.28. The van der Waals surface area contributed by atoms with E-state index in [0.717, 1.165) is 112 Å². The van der Waals surface area contributed by atoms with Crippen LogP contribution in [-0.4, -0.2) is 91.6 Å². The van der Waals surface area contributed by atoms with E-state index in [4.69, 9.17) is 0 Å². The summed E-state index contributed by atoms with van der Waals surface area (Å²) in [5.74, 6) is -1.01. The van der Waals surface area contributed by atoms with Crippen LogP contribution < -0.4 is 34.9 Å². The number of carbonyl (C=O) groups excluding carboxylic acids is 6. The molecule has 2 fully saturated rings. The number of fused-ring (bicyclic) bond motifs is 4. The number of aldehydes is 1. The van der Waals surface area contributed by atoms with E-state index in [-0.39, 0.29) is 41.1 Å². The standard InChI is InChI=1S/C23H23NO2.C13H15NO2.C10H8O.C4H6O4.C2H3BO2.Na/c25-21-12-16-5-3-7-20(22(16)23(21)26)18-10-11-24(14-18)13-17-9-8-15-4-1-2-6-19(15)17;15-11-6-8-2-1-3-10(12(8)13(11)16)9-4-5-14-7-9;11-7-9-6-5-8-3-1-2-4-10(8)9;1-3(5)7-8-4(2)6;1-2(4)5-3;/h1-7,9,18,23,26H,8,10-14H2;1-3,9,13-14,16H,4-7H2;1-4,6-7H,5H2;1-2H3;1H3;/q;;;;-1;+1. The second kappa shape index (κ2) is 25.2. The number of benzene rings is 4. The molecule has 343 valence electrons. The Morgan fingerprint density at radius 3 is 1.73 bits per heavy atom. The minimum absolute atomic E-state index is 0. The van der Waals surface area contributed by atoms with Crippen LogP contribution in [0, 0.1) is 0 Å². The minimum atomic E-state index is -0.917. The van der Waals surface area contributed by atoms with Gasteiger partial charge in [0, 0.05) is 58.8 Å². The molecule has 4 atom stereocenters. The zero-order valence-corrected chi connectivity index (χ0v) is 40.5. The maximum absolute atomic E-state index is 11.9. The van der Waals surface area contributed by atoms with Crippen LogP contribution in [0.25, 0.3) is 11.1 Å². The molecule has 0 amide bonds. The summed E-state index contributed by atoms with van der Waals surface area (Å²) in [6.07, 6.45) is 8.36. The topological polar surface area (TPSA) is 186 Å². The van der Waals surface area contributed by atoms with Crippen molar-refractivity contribution in [3.05, 3.63) is 153 Å². The molecule has 67 heavy (non-hydrogen) atoms. The molecule has 3 radical (unpaired) electrons. The Morgan fingerprint density at radius 2 is 1.21 bits per heavy atom. The van der Waals surface area contributed by atoms with Crippen LogP contribution in [-0.2, 0) is 68.9 Å². The van der Waals surface area contributed by atoms with E-state index < -0.39 is 30.1 Å². The van der Waals surface area contributed by atoms with Gasteiger partial charge in [-0.1, -0.05) is 97.1 Å². The molecule has 4 aliphatic carbocycles. The largest absolute Gasteiger partial charge is 1.00 e. The van der Waals surface area contributed by atoms with Crippen LogP contribution in [0.2, 0.25) is 0 Å². The van der Waals surface area contributed by atoms with Gasteiger partial charge in [0.15, 0.2) is 11.6 Å². The molecule has 4 unspecified atom stereocenters. The predicted molar refractivity (Wildman–Crippen MR) is 248 cm³/mol. The molecule has 4 aromatic rings. The van der Waals surface area contributed by atoms with E-state index in [2.05, 4.69) is 81.2 Å². The van der Waals surface area contributed by atoms with Crippen molar-refractivity contribution in [2.24, 2.45) is 0 Å². The van der Waals surface area contributed by atoms with E-state index in [9.17, 15) is 39.0 Å². The second-order valence-electron chi connectivity index (χ2n) is 16.8. The Hall–Kier alpha value is -5.32. The fourth-order valence-electron chi connectivity index (χ4n) is 9.28. The van der Waals surface area contributed by atoms with E-state index in [1.807, 2.05) is 48.5 Å². The molecule has 3 N–H and O–H groups in total. The van der Waals surface area contributed by atoms with Crippen molar-refractivity contribution in [2.45, 2.75) is 83.3 Å². The quantitative estimate of drug-likeness (QED) is 0.115. The molecule has 10 rings (SSSR count). The number of aliphatic hydroxyl groups excluding tert-OH is 2. The van der Waals surface area contributed by atoms with E-state index in [1.165, 1.54) is 40.3 Å². The molecule has 4 aromatic carbocycles. The number of carbonyl (C=O) groups is 6. The van der Waals surface area contributed by atoms with Crippen LogP contribution in [0.4, 0.5) is 0 Å². The molecule has 0 saturated carbocycles. The summed E-state index contributed by atoms with van der Waals surface area (Å²) in [6.45, 7) is 8.56. The van der Waals surface area contributed by atoms with Crippen LogP contribution in [0.5, 0.6) is 0 Å². The van der Waals surface area contributed by atoms with Crippen molar-refractivity contribution in [2.75, 3.05) is 32.7 Å². The number of allylic oxidation sites excluding steroid dienone is 3. The Balaban J connectivity index is 0.000000175. The molecule has 2 heterocycles. The summed E-state index contributed by atoms with van der Waals surface area (Å²) < 4.78 is 3.61. The minimum Gasteiger partial charge on any atom is -0.793 e. The Labute approximate surface area is 414 Å².